The molecule has 4 rings (SSSR count). The van der Waals surface area contributed by atoms with E-state index in [2.05, 4.69) is 10.3 Å². The molecule has 0 aliphatic carbocycles. The van der Waals surface area contributed by atoms with Crippen LogP contribution in [0.4, 0.5) is 4.79 Å². The molecule has 3 heterocycles. The SMILES string of the molecule is O=C1NC2(CCOc3ccccc32)C(=O)N1Cc1ccc(Cl)nc1. The predicted molar refractivity (Wildman–Crippen MR) is 86.6 cm³/mol. The molecule has 7 heteroatoms. The Hall–Kier alpha value is -2.60. The highest BCUT2D eigenvalue weighted by molar-refractivity contribution is 6.29. The summed E-state index contributed by atoms with van der Waals surface area (Å²) in [7, 11) is 0. The third-order valence-corrected chi connectivity index (χ3v) is 4.61. The van der Waals surface area contributed by atoms with Crippen LogP contribution >= 0.6 is 11.6 Å². The van der Waals surface area contributed by atoms with E-state index in [0.29, 0.717) is 29.5 Å². The Morgan fingerprint density at radius 2 is 2.08 bits per heavy atom. The molecule has 1 spiro atoms. The van der Waals surface area contributed by atoms with Crippen molar-refractivity contribution < 1.29 is 14.3 Å². The van der Waals surface area contributed by atoms with Crippen LogP contribution in [0.5, 0.6) is 5.75 Å². The number of aromatic nitrogens is 1. The van der Waals surface area contributed by atoms with Gasteiger partial charge in [0.15, 0.2) is 5.54 Å². The summed E-state index contributed by atoms with van der Waals surface area (Å²) >= 11 is 5.77. The number of fused-ring (bicyclic) bond motifs is 2. The van der Waals surface area contributed by atoms with Crippen LogP contribution < -0.4 is 10.1 Å². The maximum Gasteiger partial charge on any atom is 0.325 e. The minimum absolute atomic E-state index is 0.152. The van der Waals surface area contributed by atoms with Crippen LogP contribution in [0.2, 0.25) is 5.15 Å². The fourth-order valence-corrected chi connectivity index (χ4v) is 3.31. The van der Waals surface area contributed by atoms with Crippen molar-refractivity contribution in [2.75, 3.05) is 6.61 Å². The van der Waals surface area contributed by atoms with E-state index in [-0.39, 0.29) is 12.5 Å². The van der Waals surface area contributed by atoms with E-state index in [1.165, 1.54) is 4.90 Å². The number of benzene rings is 1. The normalized spacial score (nSPS) is 22.3. The molecule has 1 aromatic heterocycles. The zero-order valence-electron chi connectivity index (χ0n) is 12.7. The van der Waals surface area contributed by atoms with Crippen molar-refractivity contribution >= 4 is 23.5 Å². The lowest BCUT2D eigenvalue weighted by Crippen LogP contribution is -2.47. The van der Waals surface area contributed by atoms with Gasteiger partial charge in [0, 0.05) is 18.2 Å². The number of nitrogens with zero attached hydrogens (tertiary/aromatic N) is 2. The van der Waals surface area contributed by atoms with Gasteiger partial charge in [0.1, 0.15) is 10.9 Å². The number of pyridine rings is 1. The number of carbonyl (C=O) groups is 2. The second kappa shape index (κ2) is 5.49. The van der Waals surface area contributed by atoms with Crippen molar-refractivity contribution in [1.82, 2.24) is 15.2 Å². The molecule has 6 nitrogen and oxygen atoms in total. The minimum Gasteiger partial charge on any atom is -0.493 e. The van der Waals surface area contributed by atoms with Gasteiger partial charge >= 0.3 is 6.03 Å². The molecular weight excluding hydrogens is 330 g/mol. The van der Waals surface area contributed by atoms with Crippen molar-refractivity contribution in [2.24, 2.45) is 0 Å². The summed E-state index contributed by atoms with van der Waals surface area (Å²) in [4.78, 5) is 30.7. The number of halogens is 1. The molecule has 0 bridgehead atoms. The zero-order chi connectivity index (χ0) is 16.7. The van der Waals surface area contributed by atoms with Gasteiger partial charge < -0.3 is 10.1 Å². The largest absolute Gasteiger partial charge is 0.493 e. The lowest BCUT2D eigenvalue weighted by Gasteiger charge is -2.33. The zero-order valence-corrected chi connectivity index (χ0v) is 13.4. The monoisotopic (exact) mass is 343 g/mol. The highest BCUT2D eigenvalue weighted by Gasteiger charge is 2.54. The van der Waals surface area contributed by atoms with E-state index in [0.717, 1.165) is 5.56 Å². The minimum atomic E-state index is -1.05. The third-order valence-electron chi connectivity index (χ3n) is 4.39. The number of para-hydroxylation sites is 1. The summed E-state index contributed by atoms with van der Waals surface area (Å²) in [6.45, 7) is 0.527. The quantitative estimate of drug-likeness (QED) is 0.671. The van der Waals surface area contributed by atoms with Crippen molar-refractivity contribution in [3.05, 3.63) is 58.9 Å². The Morgan fingerprint density at radius 3 is 2.88 bits per heavy atom. The first-order chi connectivity index (χ1) is 11.6. The summed E-state index contributed by atoms with van der Waals surface area (Å²) < 4.78 is 5.61. The summed E-state index contributed by atoms with van der Waals surface area (Å²) in [6, 6.07) is 10.3. The molecule has 24 heavy (non-hydrogen) atoms. The maximum absolute atomic E-state index is 13.1. The second-order valence-corrected chi connectivity index (χ2v) is 6.20. The molecular formula is C17H14ClN3O3. The number of carbonyl (C=O) groups excluding carboxylic acids is 2. The van der Waals surface area contributed by atoms with Crippen molar-refractivity contribution in [3.63, 3.8) is 0 Å². The second-order valence-electron chi connectivity index (χ2n) is 5.81. The van der Waals surface area contributed by atoms with Gasteiger partial charge in [-0.05, 0) is 17.7 Å². The number of urea groups is 1. The molecule has 0 radical (unpaired) electrons. The molecule has 122 valence electrons. The number of rotatable bonds is 2. The van der Waals surface area contributed by atoms with Gasteiger partial charge in [0.25, 0.3) is 5.91 Å². The molecule has 1 unspecified atom stereocenters. The molecule has 2 aromatic rings. The lowest BCUT2D eigenvalue weighted by molar-refractivity contribution is -0.133. The molecule has 1 aromatic carbocycles. The van der Waals surface area contributed by atoms with Crippen LogP contribution in [0.3, 0.4) is 0 Å². The summed E-state index contributed by atoms with van der Waals surface area (Å²) in [5, 5.41) is 3.23. The van der Waals surface area contributed by atoms with Gasteiger partial charge in [-0.25, -0.2) is 9.78 Å². The highest BCUT2D eigenvalue weighted by atomic mass is 35.5. The van der Waals surface area contributed by atoms with Crippen LogP contribution in [0, 0.1) is 0 Å². The number of hydrogen-bond donors (Lipinski definition) is 1. The Balaban J connectivity index is 1.68. The molecule has 1 fully saturated rings. The van der Waals surface area contributed by atoms with Gasteiger partial charge in [-0.2, -0.15) is 0 Å². The Kier molecular flexibility index (Phi) is 3.42. The Morgan fingerprint density at radius 1 is 1.25 bits per heavy atom. The molecule has 1 saturated heterocycles. The van der Waals surface area contributed by atoms with Crippen molar-refractivity contribution in [1.29, 1.82) is 0 Å². The standard InChI is InChI=1S/C17H14ClN3O3/c18-14-6-5-11(9-19-14)10-21-15(22)17(20-16(21)23)7-8-24-13-4-2-1-3-12(13)17/h1-6,9H,7-8,10H2,(H,20,23). The molecule has 1 N–H and O–H groups in total. The van der Waals surface area contributed by atoms with E-state index in [9.17, 15) is 9.59 Å². The number of nitrogens with one attached hydrogen (secondary N) is 1. The number of hydrogen-bond acceptors (Lipinski definition) is 4. The smallest absolute Gasteiger partial charge is 0.325 e. The average molecular weight is 344 g/mol. The van der Waals surface area contributed by atoms with Crippen LogP contribution in [0.15, 0.2) is 42.6 Å². The van der Waals surface area contributed by atoms with Gasteiger partial charge in [-0.1, -0.05) is 35.9 Å². The summed E-state index contributed by atoms with van der Waals surface area (Å²) in [5.74, 6) is 0.366. The Labute approximate surface area is 143 Å². The molecule has 3 amide bonds. The molecule has 1 atom stereocenters. The predicted octanol–water partition coefficient (Wildman–Crippen LogP) is 2.46. The van der Waals surface area contributed by atoms with E-state index in [1.54, 1.807) is 24.4 Å². The summed E-state index contributed by atoms with van der Waals surface area (Å²) in [6.07, 6.45) is 1.97. The van der Waals surface area contributed by atoms with E-state index >= 15 is 0 Å². The third kappa shape index (κ3) is 2.22. The first-order valence-electron chi connectivity index (χ1n) is 7.57. The number of ether oxygens (including phenoxy) is 1. The fraction of sp³-hybridized carbons (Fsp3) is 0.235. The van der Waals surface area contributed by atoms with Crippen LogP contribution in [-0.2, 0) is 16.9 Å². The molecule has 0 saturated carbocycles. The first-order valence-corrected chi connectivity index (χ1v) is 7.95. The van der Waals surface area contributed by atoms with E-state index in [4.69, 9.17) is 16.3 Å². The number of imide groups is 1. The highest BCUT2D eigenvalue weighted by Crippen LogP contribution is 2.41. The lowest BCUT2D eigenvalue weighted by atomic mass is 9.84. The van der Waals surface area contributed by atoms with Crippen LogP contribution in [0.25, 0.3) is 0 Å². The van der Waals surface area contributed by atoms with Gasteiger partial charge in [0.2, 0.25) is 0 Å². The topological polar surface area (TPSA) is 71.5 Å². The number of amides is 3. The van der Waals surface area contributed by atoms with Gasteiger partial charge in [-0.3, -0.25) is 9.69 Å². The molecule has 2 aliphatic rings. The van der Waals surface area contributed by atoms with Crippen molar-refractivity contribution in [2.45, 2.75) is 18.5 Å². The average Bonchev–Trinajstić information content (AvgIpc) is 2.82. The summed E-state index contributed by atoms with van der Waals surface area (Å²) in [5.41, 5.74) is 0.387. The van der Waals surface area contributed by atoms with Crippen molar-refractivity contribution in [3.8, 4) is 5.75 Å². The van der Waals surface area contributed by atoms with Gasteiger partial charge in [0.05, 0.1) is 13.2 Å². The van der Waals surface area contributed by atoms with Crippen LogP contribution in [-0.4, -0.2) is 28.4 Å². The first kappa shape index (κ1) is 15.0. The Bertz CT molecular complexity index is 824. The van der Waals surface area contributed by atoms with Crippen LogP contribution in [0.1, 0.15) is 17.5 Å². The molecule has 2 aliphatic heterocycles. The van der Waals surface area contributed by atoms with Gasteiger partial charge in [-0.15, -0.1) is 0 Å². The van der Waals surface area contributed by atoms with E-state index in [1.807, 2.05) is 18.2 Å². The maximum atomic E-state index is 13.1. The fourth-order valence-electron chi connectivity index (χ4n) is 3.20. The van der Waals surface area contributed by atoms with E-state index < -0.39 is 11.6 Å².